The van der Waals surface area contributed by atoms with Crippen molar-refractivity contribution in [2.75, 3.05) is 7.11 Å². The fourth-order valence-corrected chi connectivity index (χ4v) is 5.49. The Hall–Kier alpha value is -4.93. The third-order valence-electron chi connectivity index (χ3n) is 7.77. The summed E-state index contributed by atoms with van der Waals surface area (Å²) < 4.78 is 77.4. The third-order valence-corrected chi connectivity index (χ3v) is 7.77. The van der Waals surface area contributed by atoms with E-state index in [0.717, 1.165) is 43.7 Å². The maximum absolute atomic E-state index is 14.7. The van der Waals surface area contributed by atoms with Crippen LogP contribution >= 0.6 is 0 Å². The first-order chi connectivity index (χ1) is 21.1. The van der Waals surface area contributed by atoms with Gasteiger partial charge in [0.15, 0.2) is 0 Å². The molecule has 1 amide bonds. The quantitative estimate of drug-likeness (QED) is 0.158. The molecule has 44 heavy (non-hydrogen) atoms. The van der Waals surface area contributed by atoms with Crippen LogP contribution in [-0.4, -0.2) is 35.0 Å². The largest absolute Gasteiger partial charge is 0.467 e. The molecule has 0 radical (unpaired) electrons. The summed E-state index contributed by atoms with van der Waals surface area (Å²) in [6.07, 6.45) is -0.239. The molecule has 1 aliphatic carbocycles. The Bertz CT molecular complexity index is 1920. The summed E-state index contributed by atoms with van der Waals surface area (Å²) in [5, 5.41) is 3.13. The van der Waals surface area contributed by atoms with E-state index in [0.29, 0.717) is 16.3 Å². The standard InChI is InChI=1S/C33H24F5N3O3/c1-44-32(43)26(41-31(42)27-24(34)5-2-6-25(27)35)15-19-11-12-22(29-21(19)4-3-13-39-29)30-28(33(36,37)38)23-14-18(17-7-8-17)9-10-20(23)16-40-30/h2-6,9-14,16-17,26H,7-8,15H2,1H3,(H,41,42)/t26-/m0/s1. The summed E-state index contributed by atoms with van der Waals surface area (Å²) in [6.45, 7) is 0. The van der Waals surface area contributed by atoms with Crippen LogP contribution in [0.15, 0.2) is 73.1 Å². The van der Waals surface area contributed by atoms with Gasteiger partial charge in [0.2, 0.25) is 0 Å². The van der Waals surface area contributed by atoms with Gasteiger partial charge in [-0.25, -0.2) is 13.6 Å². The minimum Gasteiger partial charge on any atom is -0.467 e. The van der Waals surface area contributed by atoms with E-state index in [1.54, 1.807) is 24.3 Å². The second-order valence-electron chi connectivity index (χ2n) is 10.6. The first kappa shape index (κ1) is 29.2. The highest BCUT2D eigenvalue weighted by Crippen LogP contribution is 2.45. The number of hydrogen-bond acceptors (Lipinski definition) is 5. The van der Waals surface area contributed by atoms with Crippen molar-refractivity contribution in [3.05, 3.63) is 107 Å². The number of carbonyl (C=O) groups excluding carboxylic acids is 2. The fourth-order valence-electron chi connectivity index (χ4n) is 5.49. The summed E-state index contributed by atoms with van der Waals surface area (Å²) in [5.41, 5.74) is -0.435. The van der Waals surface area contributed by atoms with Gasteiger partial charge in [-0.15, -0.1) is 0 Å². The number of rotatable bonds is 7. The van der Waals surface area contributed by atoms with Crippen molar-refractivity contribution in [2.24, 2.45) is 0 Å². The zero-order valence-corrected chi connectivity index (χ0v) is 23.2. The Kier molecular flexibility index (Phi) is 7.48. The molecule has 0 bridgehead atoms. The molecule has 1 fully saturated rings. The number of carbonyl (C=O) groups is 2. The molecule has 0 spiro atoms. The summed E-state index contributed by atoms with van der Waals surface area (Å²) in [6, 6.07) is 12.8. The third kappa shape index (κ3) is 5.45. The van der Waals surface area contributed by atoms with E-state index in [4.69, 9.17) is 4.74 Å². The second-order valence-corrected chi connectivity index (χ2v) is 10.6. The van der Waals surface area contributed by atoms with Gasteiger partial charge in [-0.3, -0.25) is 14.8 Å². The number of nitrogens with zero attached hydrogens (tertiary/aromatic N) is 2. The predicted octanol–water partition coefficient (Wildman–Crippen LogP) is 7.14. The molecule has 6 rings (SSSR count). The van der Waals surface area contributed by atoms with Crippen molar-refractivity contribution < 1.29 is 36.3 Å². The lowest BCUT2D eigenvalue weighted by Crippen LogP contribution is -2.43. The molecule has 1 N–H and O–H groups in total. The van der Waals surface area contributed by atoms with E-state index in [9.17, 15) is 31.5 Å². The van der Waals surface area contributed by atoms with Gasteiger partial charge in [0.05, 0.1) is 23.9 Å². The number of aromatic nitrogens is 2. The molecule has 0 saturated heterocycles. The number of hydrogen-bond donors (Lipinski definition) is 1. The highest BCUT2D eigenvalue weighted by Gasteiger charge is 2.38. The summed E-state index contributed by atoms with van der Waals surface area (Å²) >= 11 is 0. The van der Waals surface area contributed by atoms with Crippen molar-refractivity contribution in [2.45, 2.75) is 37.4 Å². The molecule has 2 aromatic heterocycles. The van der Waals surface area contributed by atoms with Crippen LogP contribution in [0.4, 0.5) is 22.0 Å². The number of pyridine rings is 2. The zero-order chi connectivity index (χ0) is 31.2. The number of nitrogens with one attached hydrogen (secondary N) is 1. The van der Waals surface area contributed by atoms with Gasteiger partial charge in [-0.05, 0) is 53.5 Å². The Morgan fingerprint density at radius 2 is 1.73 bits per heavy atom. The number of amides is 1. The smallest absolute Gasteiger partial charge is 0.419 e. The number of ether oxygens (including phenoxy) is 1. The van der Waals surface area contributed by atoms with Gasteiger partial charge in [0.1, 0.15) is 23.2 Å². The van der Waals surface area contributed by atoms with E-state index < -0.39 is 46.9 Å². The van der Waals surface area contributed by atoms with Gasteiger partial charge >= 0.3 is 12.1 Å². The number of fused-ring (bicyclic) bond motifs is 2. The maximum Gasteiger partial charge on any atom is 0.419 e. The number of alkyl halides is 3. The molecule has 0 unspecified atom stereocenters. The molecule has 11 heteroatoms. The Morgan fingerprint density at radius 1 is 0.977 bits per heavy atom. The van der Waals surface area contributed by atoms with E-state index in [1.807, 2.05) is 6.07 Å². The van der Waals surface area contributed by atoms with E-state index in [-0.39, 0.29) is 34.5 Å². The van der Waals surface area contributed by atoms with Crippen LogP contribution < -0.4 is 5.32 Å². The van der Waals surface area contributed by atoms with Crippen LogP contribution in [0.5, 0.6) is 0 Å². The Balaban J connectivity index is 1.44. The lowest BCUT2D eigenvalue weighted by Gasteiger charge is -2.20. The van der Waals surface area contributed by atoms with E-state index in [2.05, 4.69) is 15.3 Å². The van der Waals surface area contributed by atoms with Gasteiger partial charge in [-0.1, -0.05) is 42.5 Å². The molecule has 6 nitrogen and oxygen atoms in total. The lowest BCUT2D eigenvalue weighted by atomic mass is 9.93. The van der Waals surface area contributed by atoms with Crippen LogP contribution in [0.3, 0.4) is 0 Å². The number of halogens is 5. The molecule has 2 heterocycles. The molecular formula is C33H24F5N3O3. The van der Waals surface area contributed by atoms with Gasteiger partial charge in [0.25, 0.3) is 5.91 Å². The Labute approximate surface area is 247 Å². The number of methoxy groups -OCH3 is 1. The van der Waals surface area contributed by atoms with Crippen molar-refractivity contribution in [3.63, 3.8) is 0 Å². The number of benzene rings is 3. The molecular weight excluding hydrogens is 581 g/mol. The monoisotopic (exact) mass is 605 g/mol. The summed E-state index contributed by atoms with van der Waals surface area (Å²) in [7, 11) is 1.09. The van der Waals surface area contributed by atoms with E-state index >= 15 is 0 Å². The topological polar surface area (TPSA) is 81.2 Å². The van der Waals surface area contributed by atoms with E-state index in [1.165, 1.54) is 24.5 Å². The van der Waals surface area contributed by atoms with Crippen LogP contribution in [0, 0.1) is 11.6 Å². The van der Waals surface area contributed by atoms with Crippen LogP contribution in [0.25, 0.3) is 32.9 Å². The highest BCUT2D eigenvalue weighted by atomic mass is 19.4. The minimum atomic E-state index is -4.73. The first-order valence-electron chi connectivity index (χ1n) is 13.8. The average molecular weight is 606 g/mol. The van der Waals surface area contributed by atoms with Gasteiger partial charge in [0, 0.05) is 35.2 Å². The molecule has 3 aromatic carbocycles. The lowest BCUT2D eigenvalue weighted by molar-refractivity contribution is -0.142. The zero-order valence-electron chi connectivity index (χ0n) is 23.2. The SMILES string of the molecule is COC(=O)[C@H](Cc1ccc(-c2ncc3ccc(C4CC4)cc3c2C(F)(F)F)c2ncccc12)NC(=O)c1c(F)cccc1F. The van der Waals surface area contributed by atoms with Crippen LogP contribution in [0.2, 0.25) is 0 Å². The van der Waals surface area contributed by atoms with Gasteiger partial charge in [-0.2, -0.15) is 13.2 Å². The molecule has 224 valence electrons. The van der Waals surface area contributed by atoms with Crippen molar-refractivity contribution >= 4 is 33.6 Å². The average Bonchev–Trinajstić information content (AvgIpc) is 3.85. The second kappa shape index (κ2) is 11.3. The molecule has 1 saturated carbocycles. The normalized spacial score (nSPS) is 14.0. The first-order valence-corrected chi connectivity index (χ1v) is 13.8. The molecule has 5 aromatic rings. The van der Waals surface area contributed by atoms with Crippen molar-refractivity contribution in [3.8, 4) is 11.3 Å². The predicted molar refractivity (Wildman–Crippen MR) is 153 cm³/mol. The maximum atomic E-state index is 14.7. The summed E-state index contributed by atoms with van der Waals surface area (Å²) in [5.74, 6) is -4.04. The molecule has 1 atom stereocenters. The van der Waals surface area contributed by atoms with Crippen molar-refractivity contribution in [1.82, 2.24) is 15.3 Å². The summed E-state index contributed by atoms with van der Waals surface area (Å²) in [4.78, 5) is 34.1. The fraction of sp³-hybridized carbons (Fsp3) is 0.212. The van der Waals surface area contributed by atoms with Crippen LogP contribution in [-0.2, 0) is 22.1 Å². The van der Waals surface area contributed by atoms with Crippen molar-refractivity contribution in [1.29, 1.82) is 0 Å². The van der Waals surface area contributed by atoms with Crippen LogP contribution in [0.1, 0.15) is 45.8 Å². The molecule has 0 aliphatic heterocycles. The van der Waals surface area contributed by atoms with Gasteiger partial charge < -0.3 is 10.1 Å². The Morgan fingerprint density at radius 3 is 2.41 bits per heavy atom. The number of esters is 1. The minimum absolute atomic E-state index is 0.0499. The highest BCUT2D eigenvalue weighted by molar-refractivity contribution is 6.00. The molecule has 1 aliphatic rings.